The molecule has 0 radical (unpaired) electrons. The Morgan fingerprint density at radius 3 is 3.00 bits per heavy atom. The Kier molecular flexibility index (Phi) is 5.81. The van der Waals surface area contributed by atoms with Gasteiger partial charge in [-0.05, 0) is 12.1 Å². The lowest BCUT2D eigenvalue weighted by atomic mass is 10.3. The largest absolute Gasteiger partial charge is 0.461 e. The number of furan rings is 1. The van der Waals surface area contributed by atoms with E-state index in [1.54, 1.807) is 18.2 Å². The van der Waals surface area contributed by atoms with Gasteiger partial charge in [0.05, 0.1) is 12.0 Å². The molecule has 3 aromatic heterocycles. The first-order valence-corrected chi connectivity index (χ1v) is 9.12. The minimum Gasteiger partial charge on any atom is -0.461 e. The fourth-order valence-electron chi connectivity index (χ4n) is 1.76. The maximum atomic E-state index is 12.2. The lowest BCUT2D eigenvalue weighted by Crippen LogP contribution is -2.24. The van der Waals surface area contributed by atoms with Gasteiger partial charge in [0.25, 0.3) is 5.91 Å². The van der Waals surface area contributed by atoms with Crippen molar-refractivity contribution in [3.63, 3.8) is 0 Å². The number of hydrogen-bond acceptors (Lipinski definition) is 9. The third kappa shape index (κ3) is 4.58. The van der Waals surface area contributed by atoms with Crippen molar-refractivity contribution in [3.05, 3.63) is 42.8 Å². The fourth-order valence-corrected chi connectivity index (χ4v) is 3.34. The Morgan fingerprint density at radius 2 is 2.23 bits per heavy atom. The highest BCUT2D eigenvalue weighted by molar-refractivity contribution is 8.01. The summed E-state index contributed by atoms with van der Waals surface area (Å²) in [4.78, 5) is 23.7. The number of nitrogens with zero attached hydrogens (tertiary/aromatic N) is 3. The zero-order valence-electron chi connectivity index (χ0n) is 13.3. The average Bonchev–Trinajstić information content (AvgIpc) is 3.38. The molecule has 9 nitrogen and oxygen atoms in total. The summed E-state index contributed by atoms with van der Waals surface area (Å²) in [6, 6.07) is 4.87. The van der Waals surface area contributed by atoms with Crippen LogP contribution in [0.2, 0.25) is 0 Å². The monoisotopic (exact) mass is 391 g/mol. The minimum atomic E-state index is -0.483. The third-order valence-electron chi connectivity index (χ3n) is 2.90. The van der Waals surface area contributed by atoms with Crippen molar-refractivity contribution in [3.8, 4) is 11.5 Å². The molecule has 2 amide bonds. The van der Waals surface area contributed by atoms with Gasteiger partial charge in [0.15, 0.2) is 15.8 Å². The molecular formula is C15H13N5O4S2. The number of carbonyl (C=O) groups is 2. The maximum absolute atomic E-state index is 12.2. The molecule has 11 heteroatoms. The van der Waals surface area contributed by atoms with Crippen molar-refractivity contribution in [1.29, 1.82) is 0 Å². The lowest BCUT2D eigenvalue weighted by molar-refractivity contribution is -0.118. The van der Waals surface area contributed by atoms with E-state index in [9.17, 15) is 9.59 Å². The highest BCUT2D eigenvalue weighted by atomic mass is 32.2. The second-order valence-corrected chi connectivity index (χ2v) is 6.96. The van der Waals surface area contributed by atoms with Crippen LogP contribution in [-0.2, 0) is 4.79 Å². The number of hydrogen-bond donors (Lipinski definition) is 2. The highest BCUT2D eigenvalue weighted by Crippen LogP contribution is 2.26. The van der Waals surface area contributed by atoms with Crippen LogP contribution in [0, 0.1) is 0 Å². The highest BCUT2D eigenvalue weighted by Gasteiger charge is 2.17. The number of aromatic nitrogens is 3. The smallest absolute Gasteiger partial charge is 0.279 e. The molecular weight excluding hydrogens is 378 g/mol. The van der Waals surface area contributed by atoms with Gasteiger partial charge in [-0.2, -0.15) is 0 Å². The normalized spacial score (nSPS) is 10.5. The molecule has 0 aliphatic heterocycles. The second-order valence-electron chi connectivity index (χ2n) is 4.76. The van der Waals surface area contributed by atoms with Gasteiger partial charge >= 0.3 is 0 Å². The number of carbonyl (C=O) groups excluding carboxylic acids is 2. The van der Waals surface area contributed by atoms with E-state index in [-0.39, 0.29) is 17.4 Å². The number of nitrogens with one attached hydrogen (secondary N) is 2. The zero-order valence-corrected chi connectivity index (χ0v) is 14.9. The molecule has 0 aromatic carbocycles. The van der Waals surface area contributed by atoms with E-state index in [1.807, 2.05) is 0 Å². The van der Waals surface area contributed by atoms with Crippen LogP contribution in [0.4, 0.5) is 5.13 Å². The Balaban J connectivity index is 1.54. The van der Waals surface area contributed by atoms with E-state index in [0.29, 0.717) is 27.5 Å². The van der Waals surface area contributed by atoms with Gasteiger partial charge in [-0.25, -0.2) is 0 Å². The number of rotatable bonds is 8. The van der Waals surface area contributed by atoms with Crippen LogP contribution < -0.4 is 10.6 Å². The molecule has 0 atom stereocenters. The molecule has 0 aliphatic rings. The summed E-state index contributed by atoms with van der Waals surface area (Å²) in [7, 11) is 0. The number of amides is 2. The lowest BCUT2D eigenvalue weighted by Gasteiger charge is -1.99. The predicted molar refractivity (Wildman–Crippen MR) is 96.0 cm³/mol. The van der Waals surface area contributed by atoms with Gasteiger partial charge < -0.3 is 14.3 Å². The van der Waals surface area contributed by atoms with E-state index in [2.05, 4.69) is 32.6 Å². The Labute approximate surface area is 155 Å². The van der Waals surface area contributed by atoms with Crippen molar-refractivity contribution >= 4 is 40.0 Å². The van der Waals surface area contributed by atoms with Gasteiger partial charge in [0.1, 0.15) is 0 Å². The SMILES string of the molecule is C=CCNC(=O)CSc1nnc(NC(=O)c2cc(-c3ccco3)on2)s1. The molecule has 134 valence electrons. The molecule has 0 saturated heterocycles. The molecule has 0 bridgehead atoms. The van der Waals surface area contributed by atoms with Crippen LogP contribution in [0.5, 0.6) is 0 Å². The van der Waals surface area contributed by atoms with E-state index in [4.69, 9.17) is 8.94 Å². The van der Waals surface area contributed by atoms with Gasteiger partial charge in [0, 0.05) is 12.6 Å². The first-order valence-electron chi connectivity index (χ1n) is 7.31. The van der Waals surface area contributed by atoms with Crippen LogP contribution in [0.15, 0.2) is 50.4 Å². The summed E-state index contributed by atoms with van der Waals surface area (Å²) in [5.41, 5.74) is 0.0876. The topological polar surface area (TPSA) is 123 Å². The van der Waals surface area contributed by atoms with E-state index in [0.717, 1.165) is 11.3 Å². The molecule has 2 N–H and O–H groups in total. The van der Waals surface area contributed by atoms with Gasteiger partial charge in [-0.3, -0.25) is 14.9 Å². The molecule has 3 aromatic rings. The van der Waals surface area contributed by atoms with E-state index < -0.39 is 5.91 Å². The predicted octanol–water partition coefficient (Wildman–Crippen LogP) is 2.43. The quantitative estimate of drug-likeness (QED) is 0.341. The molecule has 3 rings (SSSR count). The summed E-state index contributed by atoms with van der Waals surface area (Å²) in [6.45, 7) is 3.93. The van der Waals surface area contributed by atoms with Gasteiger partial charge in [0.2, 0.25) is 16.8 Å². The first-order chi connectivity index (χ1) is 12.7. The van der Waals surface area contributed by atoms with Crippen LogP contribution in [0.25, 0.3) is 11.5 Å². The summed E-state index contributed by atoms with van der Waals surface area (Å²) in [5.74, 6) is 0.401. The van der Waals surface area contributed by atoms with Gasteiger partial charge in [-0.1, -0.05) is 34.3 Å². The second kappa shape index (κ2) is 8.45. The average molecular weight is 391 g/mol. The number of anilines is 1. The summed E-state index contributed by atoms with van der Waals surface area (Å²) in [5, 5.41) is 17.0. The molecule has 0 fully saturated rings. The zero-order chi connectivity index (χ0) is 18.4. The summed E-state index contributed by atoms with van der Waals surface area (Å²) < 4.78 is 10.8. The number of thioether (sulfide) groups is 1. The third-order valence-corrected chi connectivity index (χ3v) is 4.88. The van der Waals surface area contributed by atoms with Crippen molar-refractivity contribution in [2.75, 3.05) is 17.6 Å². The molecule has 0 spiro atoms. The maximum Gasteiger partial charge on any atom is 0.279 e. The van der Waals surface area contributed by atoms with E-state index in [1.165, 1.54) is 24.1 Å². The van der Waals surface area contributed by atoms with Crippen LogP contribution in [0.1, 0.15) is 10.5 Å². The van der Waals surface area contributed by atoms with Crippen molar-refractivity contribution in [2.24, 2.45) is 0 Å². The molecule has 0 saturated carbocycles. The molecule has 3 heterocycles. The summed E-state index contributed by atoms with van der Waals surface area (Å²) in [6.07, 6.45) is 3.10. The minimum absolute atomic E-state index is 0.0876. The molecule has 0 unspecified atom stereocenters. The van der Waals surface area contributed by atoms with Crippen molar-refractivity contribution in [2.45, 2.75) is 4.34 Å². The van der Waals surface area contributed by atoms with Crippen molar-refractivity contribution in [1.82, 2.24) is 20.7 Å². The summed E-state index contributed by atoms with van der Waals surface area (Å²) >= 11 is 2.38. The van der Waals surface area contributed by atoms with Crippen LogP contribution in [-0.4, -0.2) is 39.5 Å². The standard InChI is InChI=1S/C15H13N5O4S2/c1-2-5-16-12(21)8-25-15-19-18-14(26-15)17-13(22)9-7-11(24-20-9)10-4-3-6-23-10/h2-4,6-7H,1,5,8H2,(H,16,21)(H,17,18,22). The first kappa shape index (κ1) is 17.9. The van der Waals surface area contributed by atoms with Crippen LogP contribution >= 0.6 is 23.1 Å². The Morgan fingerprint density at radius 1 is 1.35 bits per heavy atom. The molecule has 26 heavy (non-hydrogen) atoms. The molecule has 0 aliphatic carbocycles. The fraction of sp³-hybridized carbons (Fsp3) is 0.133. The Bertz CT molecular complexity index is 903. The Hall–Kier alpha value is -2.92. The van der Waals surface area contributed by atoms with E-state index >= 15 is 0 Å². The van der Waals surface area contributed by atoms with Crippen LogP contribution in [0.3, 0.4) is 0 Å². The van der Waals surface area contributed by atoms with Gasteiger partial charge in [-0.15, -0.1) is 16.8 Å². The van der Waals surface area contributed by atoms with Crippen molar-refractivity contribution < 1.29 is 18.5 Å².